The summed E-state index contributed by atoms with van der Waals surface area (Å²) in [5.74, 6) is -0.278. The van der Waals surface area contributed by atoms with Crippen LogP contribution in [0.3, 0.4) is 0 Å². The van der Waals surface area contributed by atoms with Gasteiger partial charge in [-0.2, -0.15) is 8.78 Å². The van der Waals surface area contributed by atoms with Crippen molar-refractivity contribution in [3.63, 3.8) is 0 Å². The van der Waals surface area contributed by atoms with Crippen molar-refractivity contribution in [1.82, 2.24) is 4.90 Å². The number of alkyl halides is 2. The molecule has 1 aliphatic rings. The highest BCUT2D eigenvalue weighted by atomic mass is 19.3. The Hall–Kier alpha value is -3.16. The number of carbonyl (C=O) groups is 2. The molecule has 0 bridgehead atoms. The van der Waals surface area contributed by atoms with Crippen LogP contribution in [0.15, 0.2) is 42.5 Å². The summed E-state index contributed by atoms with van der Waals surface area (Å²) in [6.45, 7) is -1.73. The number of likely N-dealkylation sites (tertiary alicyclic amines) is 1. The van der Waals surface area contributed by atoms with Gasteiger partial charge in [0.25, 0.3) is 5.91 Å². The lowest BCUT2D eigenvalue weighted by molar-refractivity contribution is -0.128. The van der Waals surface area contributed by atoms with E-state index < -0.39 is 12.5 Å². The number of anilines is 1. The second kappa shape index (κ2) is 8.69. The monoisotopic (exact) mass is 390 g/mol. The van der Waals surface area contributed by atoms with Crippen LogP contribution >= 0.6 is 0 Å². The predicted octanol–water partition coefficient (Wildman–Crippen LogP) is 3.67. The first-order valence-corrected chi connectivity index (χ1v) is 8.77. The number of ether oxygens (including phenoxy) is 2. The summed E-state index contributed by atoms with van der Waals surface area (Å²) in [4.78, 5) is 25.9. The smallest absolute Gasteiger partial charge is 0.387 e. The fourth-order valence-electron chi connectivity index (χ4n) is 3.00. The van der Waals surface area contributed by atoms with Gasteiger partial charge in [-0.3, -0.25) is 9.59 Å². The third-order valence-corrected chi connectivity index (χ3v) is 4.40. The van der Waals surface area contributed by atoms with E-state index in [0.717, 1.165) is 18.5 Å². The van der Waals surface area contributed by atoms with E-state index in [4.69, 9.17) is 4.74 Å². The average molecular weight is 390 g/mol. The number of amides is 2. The van der Waals surface area contributed by atoms with Crippen molar-refractivity contribution in [2.24, 2.45) is 0 Å². The third kappa shape index (κ3) is 4.76. The zero-order valence-electron chi connectivity index (χ0n) is 15.3. The van der Waals surface area contributed by atoms with Crippen LogP contribution in [0.1, 0.15) is 28.8 Å². The Morgan fingerprint density at radius 3 is 2.54 bits per heavy atom. The Labute approximate surface area is 161 Å². The van der Waals surface area contributed by atoms with Crippen LogP contribution in [0.2, 0.25) is 0 Å². The van der Waals surface area contributed by atoms with E-state index in [2.05, 4.69) is 10.1 Å². The van der Waals surface area contributed by atoms with Gasteiger partial charge >= 0.3 is 6.61 Å². The summed E-state index contributed by atoms with van der Waals surface area (Å²) in [5, 5.41) is 2.64. The number of nitrogens with zero attached hydrogens (tertiary/aromatic N) is 1. The Morgan fingerprint density at radius 2 is 1.93 bits per heavy atom. The Balaban J connectivity index is 1.66. The summed E-state index contributed by atoms with van der Waals surface area (Å²) < 4.78 is 34.4. The fourth-order valence-corrected chi connectivity index (χ4v) is 3.00. The van der Waals surface area contributed by atoms with Gasteiger partial charge in [-0.25, -0.2) is 0 Å². The lowest BCUT2D eigenvalue weighted by Crippen LogP contribution is -2.23. The minimum atomic E-state index is -3.00. The second-order valence-corrected chi connectivity index (χ2v) is 6.31. The van der Waals surface area contributed by atoms with E-state index in [9.17, 15) is 18.4 Å². The van der Waals surface area contributed by atoms with Crippen molar-refractivity contribution in [2.75, 3.05) is 19.0 Å². The fraction of sp³-hybridized carbons (Fsp3) is 0.300. The minimum absolute atomic E-state index is 0.138. The molecule has 1 fully saturated rings. The molecule has 148 valence electrons. The van der Waals surface area contributed by atoms with Gasteiger partial charge in [-0.1, -0.05) is 12.1 Å². The van der Waals surface area contributed by atoms with Crippen LogP contribution in [0.5, 0.6) is 11.5 Å². The number of carbonyl (C=O) groups excluding carboxylic acids is 2. The van der Waals surface area contributed by atoms with Crippen molar-refractivity contribution < 1.29 is 27.8 Å². The van der Waals surface area contributed by atoms with Crippen molar-refractivity contribution in [3.05, 3.63) is 53.6 Å². The summed E-state index contributed by atoms with van der Waals surface area (Å²) in [6.07, 6.45) is 1.46. The highest BCUT2D eigenvalue weighted by Crippen LogP contribution is 2.31. The van der Waals surface area contributed by atoms with E-state index in [1.54, 1.807) is 29.2 Å². The Bertz CT molecular complexity index is 856. The van der Waals surface area contributed by atoms with Crippen LogP contribution < -0.4 is 14.8 Å². The molecule has 3 rings (SSSR count). The molecule has 28 heavy (non-hydrogen) atoms. The van der Waals surface area contributed by atoms with Gasteiger partial charge in [0.1, 0.15) is 0 Å². The molecule has 2 aromatic rings. The molecule has 1 saturated heterocycles. The number of methoxy groups -OCH3 is 1. The SMILES string of the molecule is COc1ccc(NC(=O)c2ccc(CN3CCCC3=O)cc2)cc1OC(F)F. The minimum Gasteiger partial charge on any atom is -0.493 e. The molecule has 0 saturated carbocycles. The maximum Gasteiger partial charge on any atom is 0.387 e. The highest BCUT2D eigenvalue weighted by Gasteiger charge is 2.20. The van der Waals surface area contributed by atoms with Crippen molar-refractivity contribution in [1.29, 1.82) is 0 Å². The molecule has 0 radical (unpaired) electrons. The second-order valence-electron chi connectivity index (χ2n) is 6.31. The molecule has 8 heteroatoms. The van der Waals surface area contributed by atoms with Gasteiger partial charge in [0.05, 0.1) is 7.11 Å². The average Bonchev–Trinajstić information content (AvgIpc) is 3.07. The van der Waals surface area contributed by atoms with Gasteiger partial charge in [0.15, 0.2) is 11.5 Å². The number of hydrogen-bond donors (Lipinski definition) is 1. The van der Waals surface area contributed by atoms with Gasteiger partial charge < -0.3 is 19.7 Å². The van der Waals surface area contributed by atoms with E-state index in [0.29, 0.717) is 24.2 Å². The first-order valence-electron chi connectivity index (χ1n) is 8.77. The molecule has 1 aliphatic heterocycles. The summed E-state index contributed by atoms with van der Waals surface area (Å²) >= 11 is 0. The van der Waals surface area contributed by atoms with Crippen LogP contribution in [0.25, 0.3) is 0 Å². The van der Waals surface area contributed by atoms with E-state index >= 15 is 0 Å². The van der Waals surface area contributed by atoms with Crippen LogP contribution in [0.4, 0.5) is 14.5 Å². The molecular weight excluding hydrogens is 370 g/mol. The van der Waals surface area contributed by atoms with Crippen molar-refractivity contribution >= 4 is 17.5 Å². The van der Waals surface area contributed by atoms with Crippen LogP contribution in [-0.2, 0) is 11.3 Å². The molecule has 0 aliphatic carbocycles. The molecule has 0 atom stereocenters. The van der Waals surface area contributed by atoms with Crippen molar-refractivity contribution in [3.8, 4) is 11.5 Å². The van der Waals surface area contributed by atoms with Gasteiger partial charge in [-0.15, -0.1) is 0 Å². The molecular formula is C20H20F2N2O4. The molecule has 2 aromatic carbocycles. The lowest BCUT2D eigenvalue weighted by Gasteiger charge is -2.15. The molecule has 1 heterocycles. The molecule has 2 amide bonds. The van der Waals surface area contributed by atoms with E-state index in [1.807, 2.05) is 0 Å². The number of benzene rings is 2. The molecule has 0 aromatic heterocycles. The number of halogens is 2. The maximum atomic E-state index is 12.5. The van der Waals surface area contributed by atoms with Crippen molar-refractivity contribution in [2.45, 2.75) is 26.0 Å². The molecule has 0 unspecified atom stereocenters. The van der Waals surface area contributed by atoms with Gasteiger partial charge in [0.2, 0.25) is 5.91 Å². The summed E-state index contributed by atoms with van der Waals surface area (Å²) in [6, 6.07) is 11.1. The number of rotatable bonds is 7. The zero-order chi connectivity index (χ0) is 20.1. The quantitative estimate of drug-likeness (QED) is 0.783. The van der Waals surface area contributed by atoms with E-state index in [1.165, 1.54) is 25.3 Å². The van der Waals surface area contributed by atoms with E-state index in [-0.39, 0.29) is 17.4 Å². The maximum absolute atomic E-state index is 12.5. The lowest BCUT2D eigenvalue weighted by atomic mass is 10.1. The normalized spacial score (nSPS) is 13.7. The highest BCUT2D eigenvalue weighted by molar-refractivity contribution is 6.04. The molecule has 0 spiro atoms. The standard InChI is InChI=1S/C20H20F2N2O4/c1-27-16-9-8-15(11-17(16)28-20(21)22)23-19(26)14-6-4-13(5-7-14)12-24-10-2-3-18(24)25/h4-9,11,20H,2-3,10,12H2,1H3,(H,23,26). The van der Waals surface area contributed by atoms with Crippen LogP contribution in [0, 0.1) is 0 Å². The number of nitrogens with one attached hydrogen (secondary N) is 1. The molecule has 1 N–H and O–H groups in total. The largest absolute Gasteiger partial charge is 0.493 e. The summed E-state index contributed by atoms with van der Waals surface area (Å²) in [7, 11) is 1.34. The predicted molar refractivity (Wildman–Crippen MR) is 98.7 cm³/mol. The molecule has 6 nitrogen and oxygen atoms in total. The first kappa shape index (κ1) is 19.6. The van der Waals surface area contributed by atoms with Crippen LogP contribution in [-0.4, -0.2) is 37.0 Å². The first-order chi connectivity index (χ1) is 13.5. The zero-order valence-corrected chi connectivity index (χ0v) is 15.3. The Kier molecular flexibility index (Phi) is 6.08. The Morgan fingerprint density at radius 1 is 1.18 bits per heavy atom. The third-order valence-electron chi connectivity index (χ3n) is 4.40. The summed E-state index contributed by atoms with van der Waals surface area (Å²) in [5.41, 5.74) is 1.64. The number of hydrogen-bond acceptors (Lipinski definition) is 4. The topological polar surface area (TPSA) is 67.9 Å². The van der Waals surface area contributed by atoms with Gasteiger partial charge in [0, 0.05) is 36.8 Å². The van der Waals surface area contributed by atoms with Gasteiger partial charge in [-0.05, 0) is 36.2 Å².